The summed E-state index contributed by atoms with van der Waals surface area (Å²) in [7, 11) is 0. The zero-order valence-electron chi connectivity index (χ0n) is 10.3. The molecule has 2 N–H and O–H groups in total. The Labute approximate surface area is 97.8 Å². The van der Waals surface area contributed by atoms with Gasteiger partial charge in [0.1, 0.15) is 0 Å². The fraction of sp³-hybridized carbons (Fsp3) is 0.909. The molecule has 0 aromatic heterocycles. The average Bonchev–Trinajstić information content (AvgIpc) is 2.14. The molecule has 0 saturated carbocycles. The lowest BCUT2D eigenvalue weighted by Gasteiger charge is -2.16. The van der Waals surface area contributed by atoms with Crippen molar-refractivity contribution in [2.45, 2.75) is 46.2 Å². The SMILES string of the molecule is CCNC(C)CC(=O)NC(C)CSCC. The second-order valence-corrected chi connectivity index (χ2v) is 5.11. The van der Waals surface area contributed by atoms with Crippen molar-refractivity contribution >= 4 is 17.7 Å². The van der Waals surface area contributed by atoms with E-state index in [4.69, 9.17) is 0 Å². The predicted octanol–water partition coefficient (Wildman–Crippen LogP) is 1.63. The number of hydrogen-bond acceptors (Lipinski definition) is 3. The summed E-state index contributed by atoms with van der Waals surface area (Å²) >= 11 is 1.86. The summed E-state index contributed by atoms with van der Waals surface area (Å²) < 4.78 is 0. The van der Waals surface area contributed by atoms with Crippen LogP contribution in [-0.4, -0.2) is 36.0 Å². The van der Waals surface area contributed by atoms with Crippen LogP contribution in [0.1, 0.15) is 34.1 Å². The molecule has 2 unspecified atom stereocenters. The number of nitrogens with one attached hydrogen (secondary N) is 2. The highest BCUT2D eigenvalue weighted by Gasteiger charge is 2.10. The van der Waals surface area contributed by atoms with Crippen molar-refractivity contribution in [1.29, 1.82) is 0 Å². The van der Waals surface area contributed by atoms with Crippen molar-refractivity contribution in [3.05, 3.63) is 0 Å². The van der Waals surface area contributed by atoms with Gasteiger partial charge in [-0.05, 0) is 26.1 Å². The second kappa shape index (κ2) is 9.04. The zero-order valence-corrected chi connectivity index (χ0v) is 11.1. The summed E-state index contributed by atoms with van der Waals surface area (Å²) in [6.07, 6.45) is 0.564. The summed E-state index contributed by atoms with van der Waals surface area (Å²) in [4.78, 5) is 11.5. The Morgan fingerprint density at radius 3 is 2.47 bits per heavy atom. The van der Waals surface area contributed by atoms with Gasteiger partial charge >= 0.3 is 0 Å². The van der Waals surface area contributed by atoms with Gasteiger partial charge in [-0.2, -0.15) is 11.8 Å². The van der Waals surface area contributed by atoms with Gasteiger partial charge in [0.05, 0.1) is 0 Å². The van der Waals surface area contributed by atoms with Crippen LogP contribution >= 0.6 is 11.8 Å². The highest BCUT2D eigenvalue weighted by molar-refractivity contribution is 7.99. The number of rotatable bonds is 8. The molecule has 90 valence electrons. The van der Waals surface area contributed by atoms with E-state index in [1.54, 1.807) is 0 Å². The minimum absolute atomic E-state index is 0.146. The van der Waals surface area contributed by atoms with Crippen molar-refractivity contribution in [2.24, 2.45) is 0 Å². The van der Waals surface area contributed by atoms with Gasteiger partial charge < -0.3 is 10.6 Å². The highest BCUT2D eigenvalue weighted by atomic mass is 32.2. The lowest BCUT2D eigenvalue weighted by atomic mass is 10.2. The smallest absolute Gasteiger partial charge is 0.221 e. The van der Waals surface area contributed by atoms with Crippen LogP contribution in [0.2, 0.25) is 0 Å². The summed E-state index contributed by atoms with van der Waals surface area (Å²) in [6.45, 7) is 9.18. The van der Waals surface area contributed by atoms with Gasteiger partial charge in [-0.25, -0.2) is 0 Å². The molecular weight excluding hydrogens is 208 g/mol. The van der Waals surface area contributed by atoms with E-state index in [0.717, 1.165) is 18.1 Å². The van der Waals surface area contributed by atoms with Crippen LogP contribution in [0, 0.1) is 0 Å². The quantitative estimate of drug-likeness (QED) is 0.668. The predicted molar refractivity (Wildman–Crippen MR) is 68.4 cm³/mol. The van der Waals surface area contributed by atoms with E-state index < -0.39 is 0 Å². The molecule has 0 aliphatic carbocycles. The Balaban J connectivity index is 3.63. The van der Waals surface area contributed by atoms with Crippen LogP contribution in [0.4, 0.5) is 0 Å². The minimum atomic E-state index is 0.146. The van der Waals surface area contributed by atoms with Gasteiger partial charge in [0.2, 0.25) is 5.91 Å². The van der Waals surface area contributed by atoms with Crippen molar-refractivity contribution in [2.75, 3.05) is 18.1 Å². The molecule has 0 rings (SSSR count). The Morgan fingerprint density at radius 1 is 1.27 bits per heavy atom. The minimum Gasteiger partial charge on any atom is -0.353 e. The molecule has 4 heteroatoms. The van der Waals surface area contributed by atoms with E-state index >= 15 is 0 Å². The third kappa shape index (κ3) is 8.75. The summed E-state index contributed by atoms with van der Waals surface area (Å²) in [5, 5.41) is 6.23. The standard InChI is InChI=1S/C11H24N2OS/c1-5-12-9(3)7-11(14)13-10(4)8-15-6-2/h9-10,12H,5-8H2,1-4H3,(H,13,14). The van der Waals surface area contributed by atoms with Crippen molar-refractivity contribution < 1.29 is 4.79 Å². The first-order chi connectivity index (χ1) is 7.10. The molecule has 0 bridgehead atoms. The number of amides is 1. The molecule has 0 radical (unpaired) electrons. The zero-order chi connectivity index (χ0) is 11.7. The van der Waals surface area contributed by atoms with Crippen LogP contribution in [0.15, 0.2) is 0 Å². The molecule has 0 heterocycles. The first kappa shape index (κ1) is 14.8. The van der Waals surface area contributed by atoms with Gasteiger partial charge in [0.25, 0.3) is 0 Å². The molecule has 0 spiro atoms. The normalized spacial score (nSPS) is 14.7. The van der Waals surface area contributed by atoms with Crippen LogP contribution in [0.5, 0.6) is 0 Å². The van der Waals surface area contributed by atoms with Crippen LogP contribution in [0.3, 0.4) is 0 Å². The molecule has 1 amide bonds. The number of carbonyl (C=O) groups excluding carboxylic acids is 1. The number of thioether (sulfide) groups is 1. The molecule has 0 aliphatic rings. The van der Waals surface area contributed by atoms with Gasteiger partial charge in [0, 0.05) is 24.3 Å². The monoisotopic (exact) mass is 232 g/mol. The van der Waals surface area contributed by atoms with Crippen molar-refractivity contribution in [1.82, 2.24) is 10.6 Å². The molecule has 0 aromatic rings. The Morgan fingerprint density at radius 2 is 1.93 bits per heavy atom. The fourth-order valence-electron chi connectivity index (χ4n) is 1.37. The fourth-order valence-corrected chi connectivity index (χ4v) is 2.04. The van der Waals surface area contributed by atoms with E-state index in [-0.39, 0.29) is 18.0 Å². The third-order valence-corrected chi connectivity index (χ3v) is 3.17. The maximum atomic E-state index is 11.5. The van der Waals surface area contributed by atoms with Crippen molar-refractivity contribution in [3.63, 3.8) is 0 Å². The number of carbonyl (C=O) groups is 1. The maximum absolute atomic E-state index is 11.5. The Bertz CT molecular complexity index is 176. The molecular formula is C11H24N2OS. The first-order valence-electron chi connectivity index (χ1n) is 5.70. The molecule has 0 aliphatic heterocycles. The molecule has 0 fully saturated rings. The van der Waals surface area contributed by atoms with E-state index in [1.807, 2.05) is 18.7 Å². The molecule has 3 nitrogen and oxygen atoms in total. The highest BCUT2D eigenvalue weighted by Crippen LogP contribution is 2.01. The van der Waals surface area contributed by atoms with Crippen LogP contribution in [-0.2, 0) is 4.79 Å². The second-order valence-electron chi connectivity index (χ2n) is 3.79. The summed E-state index contributed by atoms with van der Waals surface area (Å²) in [5.41, 5.74) is 0. The summed E-state index contributed by atoms with van der Waals surface area (Å²) in [5.74, 6) is 2.25. The maximum Gasteiger partial charge on any atom is 0.221 e. The number of hydrogen-bond donors (Lipinski definition) is 2. The molecule has 2 atom stereocenters. The lowest BCUT2D eigenvalue weighted by Crippen LogP contribution is -2.38. The van der Waals surface area contributed by atoms with Crippen LogP contribution in [0.25, 0.3) is 0 Å². The molecule has 0 aromatic carbocycles. The van der Waals surface area contributed by atoms with Crippen LogP contribution < -0.4 is 10.6 Å². The van der Waals surface area contributed by atoms with Gasteiger partial charge in [0.15, 0.2) is 0 Å². The average molecular weight is 232 g/mol. The van der Waals surface area contributed by atoms with E-state index in [9.17, 15) is 4.79 Å². The van der Waals surface area contributed by atoms with E-state index in [2.05, 4.69) is 31.4 Å². The molecule has 0 saturated heterocycles. The summed E-state index contributed by atoms with van der Waals surface area (Å²) in [6, 6.07) is 0.539. The van der Waals surface area contributed by atoms with Crippen molar-refractivity contribution in [3.8, 4) is 0 Å². The van der Waals surface area contributed by atoms with Gasteiger partial charge in [-0.15, -0.1) is 0 Å². The van der Waals surface area contributed by atoms with Gasteiger partial charge in [-0.3, -0.25) is 4.79 Å². The largest absolute Gasteiger partial charge is 0.353 e. The molecule has 15 heavy (non-hydrogen) atoms. The topological polar surface area (TPSA) is 41.1 Å². The Kier molecular flexibility index (Phi) is 8.91. The van der Waals surface area contributed by atoms with E-state index in [1.165, 1.54) is 0 Å². The third-order valence-electron chi connectivity index (χ3n) is 2.02. The van der Waals surface area contributed by atoms with E-state index in [0.29, 0.717) is 6.42 Å². The Hall–Kier alpha value is -0.220. The first-order valence-corrected chi connectivity index (χ1v) is 6.86. The van der Waals surface area contributed by atoms with Gasteiger partial charge in [-0.1, -0.05) is 13.8 Å². The lowest BCUT2D eigenvalue weighted by molar-refractivity contribution is -0.121.